The van der Waals surface area contributed by atoms with Crippen molar-refractivity contribution in [1.82, 2.24) is 4.98 Å². The summed E-state index contributed by atoms with van der Waals surface area (Å²) in [6, 6.07) is 3.06. The molecule has 0 amide bonds. The maximum absolute atomic E-state index is 13.0. The van der Waals surface area contributed by atoms with E-state index in [2.05, 4.69) is 4.98 Å². The van der Waals surface area contributed by atoms with Gasteiger partial charge in [-0.25, -0.2) is 9.37 Å². The van der Waals surface area contributed by atoms with Gasteiger partial charge in [0.25, 0.3) is 0 Å². The molecule has 2 N–H and O–H groups in total. The number of aryl methyl sites for hydroxylation is 1. The summed E-state index contributed by atoms with van der Waals surface area (Å²) in [5.41, 5.74) is 6.90. The van der Waals surface area contributed by atoms with E-state index in [-0.39, 0.29) is 5.82 Å². The quantitative estimate of drug-likeness (QED) is 0.679. The summed E-state index contributed by atoms with van der Waals surface area (Å²) in [5.74, 6) is -0.203. The van der Waals surface area contributed by atoms with Gasteiger partial charge in [-0.05, 0) is 19.1 Å². The Hall–Kier alpha value is -1.16. The van der Waals surface area contributed by atoms with Gasteiger partial charge in [-0.15, -0.1) is 0 Å². The highest BCUT2D eigenvalue weighted by Crippen LogP contribution is 2.27. The Labute approximate surface area is 72.8 Å². The van der Waals surface area contributed by atoms with Crippen LogP contribution < -0.4 is 5.73 Å². The Balaban J connectivity index is 2.89. The molecule has 62 valence electrons. The second kappa shape index (κ2) is 2.42. The number of nitrogens with two attached hydrogens (primary N) is 1. The Morgan fingerprint density at radius 1 is 1.50 bits per heavy atom. The Morgan fingerprint density at radius 2 is 2.25 bits per heavy atom. The number of aromatic nitrogens is 1. The number of anilines is 1. The molecule has 2 nitrogen and oxygen atoms in total. The monoisotopic (exact) mass is 182 g/mol. The predicted octanol–water partition coefficient (Wildman–Crippen LogP) is 2.33. The maximum atomic E-state index is 13.0. The maximum Gasteiger partial charge on any atom is 0.181 e. The molecule has 1 heterocycles. The molecule has 0 saturated heterocycles. The number of nitrogens with zero attached hydrogens (tertiary/aromatic N) is 1. The van der Waals surface area contributed by atoms with Gasteiger partial charge in [0.15, 0.2) is 5.13 Å². The van der Waals surface area contributed by atoms with Gasteiger partial charge in [0.2, 0.25) is 0 Å². The Kier molecular flexibility index (Phi) is 1.51. The molecule has 0 unspecified atom stereocenters. The number of benzene rings is 1. The van der Waals surface area contributed by atoms with Crippen molar-refractivity contribution in [3.63, 3.8) is 0 Å². The lowest BCUT2D eigenvalue weighted by Crippen LogP contribution is -1.81. The highest BCUT2D eigenvalue weighted by Gasteiger charge is 2.06. The van der Waals surface area contributed by atoms with E-state index in [1.54, 1.807) is 13.0 Å². The third-order valence-corrected chi connectivity index (χ3v) is 2.78. The highest BCUT2D eigenvalue weighted by molar-refractivity contribution is 7.22. The van der Waals surface area contributed by atoms with Crippen LogP contribution in [0.25, 0.3) is 10.2 Å². The number of rotatable bonds is 0. The Morgan fingerprint density at radius 3 is 3.00 bits per heavy atom. The lowest BCUT2D eigenvalue weighted by atomic mass is 10.2. The molecule has 0 radical (unpaired) electrons. The molecule has 12 heavy (non-hydrogen) atoms. The first-order valence-corrected chi connectivity index (χ1v) is 4.31. The summed E-state index contributed by atoms with van der Waals surface area (Å²) in [6.45, 7) is 1.73. The first kappa shape index (κ1) is 7.49. The van der Waals surface area contributed by atoms with Gasteiger partial charge in [-0.3, -0.25) is 0 Å². The van der Waals surface area contributed by atoms with Gasteiger partial charge in [0, 0.05) is 5.56 Å². The third-order valence-electron chi connectivity index (χ3n) is 1.76. The number of hydrogen-bond donors (Lipinski definition) is 1. The van der Waals surface area contributed by atoms with E-state index < -0.39 is 0 Å². The van der Waals surface area contributed by atoms with E-state index >= 15 is 0 Å². The zero-order chi connectivity index (χ0) is 8.72. The van der Waals surface area contributed by atoms with E-state index in [0.717, 1.165) is 10.2 Å². The highest BCUT2D eigenvalue weighted by atomic mass is 32.1. The second-order valence-electron chi connectivity index (χ2n) is 2.57. The van der Waals surface area contributed by atoms with Crippen molar-refractivity contribution in [1.29, 1.82) is 0 Å². The van der Waals surface area contributed by atoms with Gasteiger partial charge < -0.3 is 5.73 Å². The number of nitrogen functional groups attached to an aromatic ring is 1. The summed E-state index contributed by atoms with van der Waals surface area (Å²) in [5, 5.41) is 0.485. The Bertz CT molecular complexity index is 436. The minimum Gasteiger partial charge on any atom is -0.375 e. The molecular weight excluding hydrogens is 175 g/mol. The molecule has 2 rings (SSSR count). The normalized spacial score (nSPS) is 10.8. The van der Waals surface area contributed by atoms with Crippen LogP contribution in [-0.2, 0) is 0 Å². The summed E-state index contributed by atoms with van der Waals surface area (Å²) in [4.78, 5) is 4.04. The van der Waals surface area contributed by atoms with Crippen molar-refractivity contribution >= 4 is 26.7 Å². The van der Waals surface area contributed by atoms with Crippen LogP contribution in [0.4, 0.5) is 9.52 Å². The molecule has 0 saturated carbocycles. The molecule has 1 aromatic carbocycles. The lowest BCUT2D eigenvalue weighted by Gasteiger charge is -1.94. The molecule has 2 aromatic rings. The van der Waals surface area contributed by atoms with Crippen LogP contribution in [0.5, 0.6) is 0 Å². The first-order valence-electron chi connectivity index (χ1n) is 3.49. The van der Waals surface area contributed by atoms with Crippen LogP contribution >= 0.6 is 11.3 Å². The molecule has 0 spiro atoms. The van der Waals surface area contributed by atoms with Gasteiger partial charge in [-0.2, -0.15) is 0 Å². The average molecular weight is 182 g/mol. The van der Waals surface area contributed by atoms with E-state index in [4.69, 9.17) is 5.73 Å². The average Bonchev–Trinajstić information content (AvgIpc) is 2.39. The molecule has 0 atom stereocenters. The minimum atomic E-state index is -0.203. The van der Waals surface area contributed by atoms with Crippen LogP contribution in [0.3, 0.4) is 0 Å². The third kappa shape index (κ3) is 0.956. The summed E-state index contributed by atoms with van der Waals surface area (Å²) < 4.78 is 13.8. The zero-order valence-corrected chi connectivity index (χ0v) is 7.28. The fraction of sp³-hybridized carbons (Fsp3) is 0.125. The van der Waals surface area contributed by atoms with E-state index in [1.165, 1.54) is 17.4 Å². The van der Waals surface area contributed by atoms with E-state index in [9.17, 15) is 4.39 Å². The number of hydrogen-bond acceptors (Lipinski definition) is 3. The number of halogens is 1. The fourth-order valence-electron chi connectivity index (χ4n) is 1.12. The fourth-order valence-corrected chi connectivity index (χ4v) is 1.94. The molecule has 0 bridgehead atoms. The number of thiazole rings is 1. The summed E-state index contributed by atoms with van der Waals surface area (Å²) in [7, 11) is 0. The van der Waals surface area contributed by atoms with Crippen LogP contribution in [0.2, 0.25) is 0 Å². The molecule has 4 heteroatoms. The molecular formula is C8H7FN2S. The van der Waals surface area contributed by atoms with Crippen LogP contribution in [0.15, 0.2) is 12.1 Å². The van der Waals surface area contributed by atoms with E-state index in [0.29, 0.717) is 10.7 Å². The van der Waals surface area contributed by atoms with Gasteiger partial charge in [-0.1, -0.05) is 11.3 Å². The van der Waals surface area contributed by atoms with Crippen molar-refractivity contribution in [2.24, 2.45) is 0 Å². The molecule has 0 fully saturated rings. The molecule has 1 aromatic heterocycles. The van der Waals surface area contributed by atoms with E-state index in [1.807, 2.05) is 0 Å². The second-order valence-corrected chi connectivity index (χ2v) is 3.60. The smallest absolute Gasteiger partial charge is 0.181 e. The predicted molar refractivity (Wildman–Crippen MR) is 48.7 cm³/mol. The van der Waals surface area contributed by atoms with Crippen molar-refractivity contribution in [2.75, 3.05) is 5.73 Å². The van der Waals surface area contributed by atoms with Gasteiger partial charge >= 0.3 is 0 Å². The summed E-state index contributed by atoms with van der Waals surface area (Å²) >= 11 is 1.32. The molecule has 0 aliphatic heterocycles. The van der Waals surface area contributed by atoms with Crippen molar-refractivity contribution < 1.29 is 4.39 Å². The summed E-state index contributed by atoms with van der Waals surface area (Å²) in [6.07, 6.45) is 0. The van der Waals surface area contributed by atoms with Gasteiger partial charge in [0.05, 0.1) is 10.2 Å². The molecule has 0 aliphatic rings. The first-order chi connectivity index (χ1) is 5.68. The largest absolute Gasteiger partial charge is 0.375 e. The van der Waals surface area contributed by atoms with Crippen LogP contribution in [0.1, 0.15) is 5.56 Å². The standard InChI is InChI=1S/C8H7FN2S/c1-4-5(9)2-3-6-7(4)12-8(10)11-6/h2-3H,1H3,(H2,10,11). The SMILES string of the molecule is Cc1c(F)ccc2nc(N)sc12. The lowest BCUT2D eigenvalue weighted by molar-refractivity contribution is 0.621. The zero-order valence-electron chi connectivity index (χ0n) is 6.47. The van der Waals surface area contributed by atoms with Gasteiger partial charge in [0.1, 0.15) is 5.82 Å². The van der Waals surface area contributed by atoms with Crippen LogP contribution in [-0.4, -0.2) is 4.98 Å². The minimum absolute atomic E-state index is 0.203. The topological polar surface area (TPSA) is 38.9 Å². The number of fused-ring (bicyclic) bond motifs is 1. The van der Waals surface area contributed by atoms with Crippen molar-refractivity contribution in [2.45, 2.75) is 6.92 Å². The van der Waals surface area contributed by atoms with Crippen molar-refractivity contribution in [3.05, 3.63) is 23.5 Å². The molecule has 0 aliphatic carbocycles. The van der Waals surface area contributed by atoms with Crippen molar-refractivity contribution in [3.8, 4) is 0 Å². The van der Waals surface area contributed by atoms with Crippen LogP contribution in [0, 0.1) is 12.7 Å².